The lowest BCUT2D eigenvalue weighted by Gasteiger charge is -2.16. The van der Waals surface area contributed by atoms with E-state index in [9.17, 15) is 29.7 Å². The summed E-state index contributed by atoms with van der Waals surface area (Å²) in [5.74, 6) is -1.85. The van der Waals surface area contributed by atoms with Crippen molar-refractivity contribution in [2.75, 3.05) is 24.4 Å². The molecule has 12 nitrogen and oxygen atoms in total. The average molecular weight is 608 g/mol. The average Bonchev–Trinajstić information content (AvgIpc) is 3.67. The predicted octanol–water partition coefficient (Wildman–Crippen LogP) is 4.14. The molecular formula is C31H21N5O7S. The SMILES string of the molecule is COc1ccccc1C(=O)COC(=O)c1ccc(N2C(=O)CC(Sc3nc(N)c(C#N)c(-c4ccco4)c3C#N)C2=O)cc1. The Hall–Kier alpha value is -5.92. The molecule has 3 heterocycles. The van der Waals surface area contributed by atoms with Crippen LogP contribution in [0.5, 0.6) is 5.75 Å². The van der Waals surface area contributed by atoms with E-state index >= 15 is 0 Å². The highest BCUT2D eigenvalue weighted by molar-refractivity contribution is 8.00. The quantitative estimate of drug-likeness (QED) is 0.163. The molecule has 0 aliphatic carbocycles. The van der Waals surface area contributed by atoms with Crippen molar-refractivity contribution in [1.29, 1.82) is 10.5 Å². The van der Waals surface area contributed by atoms with Crippen LogP contribution in [0.25, 0.3) is 11.3 Å². The van der Waals surface area contributed by atoms with Gasteiger partial charge in [0.05, 0.1) is 46.6 Å². The lowest BCUT2D eigenvalue weighted by atomic mass is 10.0. The van der Waals surface area contributed by atoms with Gasteiger partial charge in [-0.05, 0) is 48.5 Å². The number of methoxy groups -OCH3 is 1. The molecule has 1 fully saturated rings. The lowest BCUT2D eigenvalue weighted by Crippen LogP contribution is -2.31. The number of carbonyl (C=O) groups excluding carboxylic acids is 4. The molecule has 2 N–H and O–H groups in total. The van der Waals surface area contributed by atoms with Crippen molar-refractivity contribution in [3.8, 4) is 29.2 Å². The minimum Gasteiger partial charge on any atom is -0.496 e. The number of pyridine rings is 1. The Balaban J connectivity index is 1.30. The summed E-state index contributed by atoms with van der Waals surface area (Å²) in [6.45, 7) is -0.511. The molecule has 1 aliphatic heterocycles. The number of hydrogen-bond donors (Lipinski definition) is 1. The van der Waals surface area contributed by atoms with Gasteiger partial charge in [0.1, 0.15) is 40.1 Å². The first-order valence-electron chi connectivity index (χ1n) is 12.9. The Morgan fingerprint density at radius 3 is 2.45 bits per heavy atom. The number of anilines is 2. The van der Waals surface area contributed by atoms with Gasteiger partial charge in [-0.2, -0.15) is 10.5 Å². The first kappa shape index (κ1) is 29.6. The van der Waals surface area contributed by atoms with Gasteiger partial charge < -0.3 is 19.6 Å². The fraction of sp³-hybridized carbons (Fsp3) is 0.129. The first-order valence-corrected chi connectivity index (χ1v) is 13.8. The number of nitriles is 2. The lowest BCUT2D eigenvalue weighted by molar-refractivity contribution is -0.121. The molecule has 4 aromatic rings. The molecule has 1 aliphatic rings. The molecule has 0 saturated carbocycles. The molecule has 5 rings (SSSR count). The normalized spacial score (nSPS) is 14.2. The molecular weight excluding hydrogens is 586 g/mol. The van der Waals surface area contributed by atoms with Crippen molar-refractivity contribution in [2.45, 2.75) is 16.7 Å². The molecule has 2 aromatic carbocycles. The Morgan fingerprint density at radius 2 is 1.80 bits per heavy atom. The third kappa shape index (κ3) is 5.60. The molecule has 0 radical (unpaired) electrons. The summed E-state index contributed by atoms with van der Waals surface area (Å²) in [6.07, 6.45) is 1.19. The number of hydrogen-bond acceptors (Lipinski definition) is 12. The van der Waals surface area contributed by atoms with Gasteiger partial charge >= 0.3 is 5.97 Å². The highest BCUT2D eigenvalue weighted by Crippen LogP contribution is 2.40. The fourth-order valence-corrected chi connectivity index (χ4v) is 5.68. The Morgan fingerprint density at radius 1 is 1.07 bits per heavy atom. The van der Waals surface area contributed by atoms with Crippen molar-refractivity contribution in [1.82, 2.24) is 4.98 Å². The van der Waals surface area contributed by atoms with Gasteiger partial charge in [-0.3, -0.25) is 14.4 Å². The maximum absolute atomic E-state index is 13.4. The van der Waals surface area contributed by atoms with Crippen LogP contribution in [0.2, 0.25) is 0 Å². The number of amides is 2. The van der Waals surface area contributed by atoms with E-state index in [4.69, 9.17) is 19.6 Å². The van der Waals surface area contributed by atoms with Crippen LogP contribution in [0.3, 0.4) is 0 Å². The van der Waals surface area contributed by atoms with Gasteiger partial charge in [0, 0.05) is 6.42 Å². The van der Waals surface area contributed by atoms with E-state index in [-0.39, 0.29) is 56.5 Å². The van der Waals surface area contributed by atoms with Gasteiger partial charge in [0.25, 0.3) is 0 Å². The second-order valence-corrected chi connectivity index (χ2v) is 10.4. The number of aromatic nitrogens is 1. The van der Waals surface area contributed by atoms with Crippen LogP contribution < -0.4 is 15.4 Å². The molecule has 218 valence electrons. The van der Waals surface area contributed by atoms with E-state index in [0.29, 0.717) is 5.75 Å². The van der Waals surface area contributed by atoms with E-state index in [2.05, 4.69) is 4.98 Å². The number of esters is 1. The van der Waals surface area contributed by atoms with Crippen LogP contribution in [0.1, 0.15) is 38.3 Å². The predicted molar refractivity (Wildman–Crippen MR) is 157 cm³/mol. The van der Waals surface area contributed by atoms with E-state index in [1.807, 2.05) is 12.1 Å². The van der Waals surface area contributed by atoms with Crippen LogP contribution in [-0.4, -0.2) is 47.5 Å². The highest BCUT2D eigenvalue weighted by atomic mass is 32.2. The van der Waals surface area contributed by atoms with Crippen molar-refractivity contribution < 1.29 is 33.1 Å². The molecule has 0 bridgehead atoms. The van der Waals surface area contributed by atoms with Crippen molar-refractivity contribution in [2.24, 2.45) is 0 Å². The number of ketones is 1. The summed E-state index contributed by atoms with van der Waals surface area (Å²) >= 11 is 0.884. The van der Waals surface area contributed by atoms with Crippen LogP contribution >= 0.6 is 11.8 Å². The maximum Gasteiger partial charge on any atom is 0.338 e. The highest BCUT2D eigenvalue weighted by Gasteiger charge is 2.41. The number of carbonyl (C=O) groups is 4. The number of imide groups is 1. The van der Waals surface area contributed by atoms with E-state index in [1.54, 1.807) is 36.4 Å². The van der Waals surface area contributed by atoms with Gasteiger partial charge in [-0.25, -0.2) is 14.7 Å². The fourth-order valence-electron chi connectivity index (χ4n) is 4.57. The minimum atomic E-state index is -0.940. The van der Waals surface area contributed by atoms with E-state index in [0.717, 1.165) is 16.7 Å². The topological polar surface area (TPSA) is 190 Å². The van der Waals surface area contributed by atoms with Gasteiger partial charge in [0.2, 0.25) is 17.6 Å². The largest absolute Gasteiger partial charge is 0.496 e. The smallest absolute Gasteiger partial charge is 0.338 e. The van der Waals surface area contributed by atoms with Crippen molar-refractivity contribution in [3.63, 3.8) is 0 Å². The number of Topliss-reactive ketones (excluding diaryl/α,β-unsaturated/α-hetero) is 1. The number of thioether (sulfide) groups is 1. The summed E-state index contributed by atoms with van der Waals surface area (Å²) in [5.41, 5.74) is 6.70. The molecule has 44 heavy (non-hydrogen) atoms. The number of para-hydroxylation sites is 1. The molecule has 2 aromatic heterocycles. The zero-order valence-electron chi connectivity index (χ0n) is 23.0. The number of benzene rings is 2. The Bertz CT molecular complexity index is 1870. The van der Waals surface area contributed by atoms with Gasteiger partial charge in [-0.1, -0.05) is 23.9 Å². The number of nitrogens with two attached hydrogens (primary N) is 1. The second-order valence-electron chi connectivity index (χ2n) is 9.25. The molecule has 0 spiro atoms. The Kier molecular flexibility index (Phi) is 8.42. The van der Waals surface area contributed by atoms with Crippen LogP contribution in [0, 0.1) is 22.7 Å². The van der Waals surface area contributed by atoms with Crippen molar-refractivity contribution >= 4 is 46.8 Å². The summed E-state index contributed by atoms with van der Waals surface area (Å²) in [6, 6.07) is 19.2. The molecule has 1 saturated heterocycles. The molecule has 1 atom stereocenters. The number of rotatable bonds is 9. The van der Waals surface area contributed by atoms with Crippen LogP contribution in [0.15, 0.2) is 76.4 Å². The zero-order chi connectivity index (χ0) is 31.4. The zero-order valence-corrected chi connectivity index (χ0v) is 23.8. The number of nitrogen functional groups attached to an aromatic ring is 1. The van der Waals surface area contributed by atoms with Crippen LogP contribution in [-0.2, 0) is 14.3 Å². The third-order valence-corrected chi connectivity index (χ3v) is 7.82. The third-order valence-electron chi connectivity index (χ3n) is 6.65. The summed E-state index contributed by atoms with van der Waals surface area (Å²) < 4.78 is 15.7. The second kappa shape index (κ2) is 12.5. The number of nitrogens with zero attached hydrogens (tertiary/aromatic N) is 4. The van der Waals surface area contributed by atoms with Gasteiger partial charge in [-0.15, -0.1) is 0 Å². The standard InChI is InChI=1S/C31H21N5O7S/c1-41-23-6-3-2-5-19(23)22(37)16-43-31(40)17-8-10-18(11-9-17)36-26(38)13-25(30(36)39)44-29-21(15-33)27(24-7-4-12-42-24)20(14-32)28(34)35-29/h2-12,25H,13,16H2,1H3,(H2,34,35). The number of ether oxygens (including phenoxy) is 2. The van der Waals surface area contributed by atoms with E-state index in [1.165, 1.54) is 37.6 Å². The van der Waals surface area contributed by atoms with Crippen molar-refractivity contribution in [3.05, 3.63) is 89.2 Å². The summed E-state index contributed by atoms with van der Waals surface area (Å²) in [7, 11) is 1.43. The molecule has 1 unspecified atom stereocenters. The maximum atomic E-state index is 13.4. The monoisotopic (exact) mass is 607 g/mol. The first-order chi connectivity index (χ1) is 21.3. The van der Waals surface area contributed by atoms with Crippen LogP contribution in [0.4, 0.5) is 11.5 Å². The van der Waals surface area contributed by atoms with Gasteiger partial charge in [0.15, 0.2) is 6.61 Å². The Labute approximate surface area is 254 Å². The van der Waals surface area contributed by atoms with E-state index < -0.39 is 35.4 Å². The summed E-state index contributed by atoms with van der Waals surface area (Å²) in [4.78, 5) is 56.5. The molecule has 13 heteroatoms. The number of furan rings is 1. The summed E-state index contributed by atoms with van der Waals surface area (Å²) in [5, 5.41) is 18.7. The minimum absolute atomic E-state index is 0.0125. The molecule has 2 amide bonds.